The highest BCUT2D eigenvalue weighted by molar-refractivity contribution is 5.82. The molecule has 0 fully saturated rings. The van der Waals surface area contributed by atoms with Crippen molar-refractivity contribution in [1.82, 2.24) is 10.3 Å². The lowest BCUT2D eigenvalue weighted by molar-refractivity contribution is 0.430. The summed E-state index contributed by atoms with van der Waals surface area (Å²) in [6, 6.07) is 12.5. The Kier molecular flexibility index (Phi) is 2.90. The van der Waals surface area contributed by atoms with Crippen molar-refractivity contribution in [3.05, 3.63) is 60.2 Å². The molecule has 3 heteroatoms. The predicted octanol–water partition coefficient (Wildman–Crippen LogP) is 3.61. The molecule has 3 aromatic rings. The summed E-state index contributed by atoms with van der Waals surface area (Å²) in [7, 11) is 0. The van der Waals surface area contributed by atoms with Crippen LogP contribution in [0.4, 0.5) is 0 Å². The molecule has 0 aliphatic carbocycles. The van der Waals surface area contributed by atoms with E-state index >= 15 is 0 Å². The molecule has 2 heterocycles. The molecular formula is C15H16N2O. The van der Waals surface area contributed by atoms with Gasteiger partial charge in [-0.05, 0) is 30.7 Å². The van der Waals surface area contributed by atoms with Crippen LogP contribution in [-0.4, -0.2) is 4.98 Å². The minimum atomic E-state index is 0.216. The summed E-state index contributed by atoms with van der Waals surface area (Å²) < 4.78 is 5.38. The first kappa shape index (κ1) is 11.1. The minimum absolute atomic E-state index is 0.216. The van der Waals surface area contributed by atoms with Crippen LogP contribution in [0.1, 0.15) is 24.3 Å². The number of H-pyrrole nitrogens is 1. The first-order chi connectivity index (χ1) is 8.84. The highest BCUT2D eigenvalue weighted by Crippen LogP contribution is 2.19. The van der Waals surface area contributed by atoms with Gasteiger partial charge in [0.25, 0.3) is 0 Å². The maximum Gasteiger partial charge on any atom is 0.120 e. The Balaban J connectivity index is 1.73. The van der Waals surface area contributed by atoms with E-state index in [0.29, 0.717) is 0 Å². The van der Waals surface area contributed by atoms with Gasteiger partial charge in [-0.3, -0.25) is 0 Å². The van der Waals surface area contributed by atoms with E-state index < -0.39 is 0 Å². The highest BCUT2D eigenvalue weighted by atomic mass is 16.3. The molecule has 2 N–H and O–H groups in total. The number of fused-ring (bicyclic) bond motifs is 1. The first-order valence-electron chi connectivity index (χ1n) is 6.16. The molecule has 0 saturated carbocycles. The molecule has 0 aliphatic heterocycles. The van der Waals surface area contributed by atoms with E-state index in [4.69, 9.17) is 4.42 Å². The Morgan fingerprint density at radius 3 is 2.94 bits per heavy atom. The third-order valence-electron chi connectivity index (χ3n) is 3.24. The SMILES string of the molecule is C[C@@H](NCc1c[nH]c2ccccc12)c1ccco1. The monoisotopic (exact) mass is 240 g/mol. The van der Waals surface area contributed by atoms with E-state index in [2.05, 4.69) is 41.6 Å². The van der Waals surface area contributed by atoms with Crippen molar-refractivity contribution in [1.29, 1.82) is 0 Å². The van der Waals surface area contributed by atoms with Crippen molar-refractivity contribution in [3.8, 4) is 0 Å². The van der Waals surface area contributed by atoms with Gasteiger partial charge in [0, 0.05) is 23.6 Å². The van der Waals surface area contributed by atoms with Gasteiger partial charge in [0.15, 0.2) is 0 Å². The lowest BCUT2D eigenvalue weighted by atomic mass is 10.1. The number of para-hydroxylation sites is 1. The molecule has 2 aromatic heterocycles. The fourth-order valence-electron chi connectivity index (χ4n) is 2.18. The van der Waals surface area contributed by atoms with Crippen LogP contribution in [0.2, 0.25) is 0 Å². The maximum atomic E-state index is 5.38. The van der Waals surface area contributed by atoms with E-state index in [-0.39, 0.29) is 6.04 Å². The molecule has 92 valence electrons. The summed E-state index contributed by atoms with van der Waals surface area (Å²) >= 11 is 0. The number of aromatic nitrogens is 1. The second-order valence-electron chi connectivity index (χ2n) is 4.48. The molecule has 3 rings (SSSR count). The van der Waals surface area contributed by atoms with Gasteiger partial charge < -0.3 is 14.7 Å². The molecule has 0 bridgehead atoms. The Labute approximate surface area is 106 Å². The largest absolute Gasteiger partial charge is 0.468 e. The van der Waals surface area contributed by atoms with Gasteiger partial charge in [-0.25, -0.2) is 0 Å². The average Bonchev–Trinajstić information content (AvgIpc) is 3.06. The lowest BCUT2D eigenvalue weighted by Crippen LogP contribution is -2.17. The molecule has 0 aliphatic rings. The van der Waals surface area contributed by atoms with Crippen molar-refractivity contribution in [3.63, 3.8) is 0 Å². The second kappa shape index (κ2) is 4.70. The van der Waals surface area contributed by atoms with E-state index in [1.807, 2.05) is 18.2 Å². The minimum Gasteiger partial charge on any atom is -0.468 e. The highest BCUT2D eigenvalue weighted by Gasteiger charge is 2.08. The topological polar surface area (TPSA) is 41.0 Å². The lowest BCUT2D eigenvalue weighted by Gasteiger charge is -2.10. The average molecular weight is 240 g/mol. The zero-order valence-corrected chi connectivity index (χ0v) is 10.3. The quantitative estimate of drug-likeness (QED) is 0.731. The summed E-state index contributed by atoms with van der Waals surface area (Å²) in [6.07, 6.45) is 3.77. The van der Waals surface area contributed by atoms with Gasteiger partial charge in [0.1, 0.15) is 5.76 Å². The van der Waals surface area contributed by atoms with Crippen molar-refractivity contribution < 1.29 is 4.42 Å². The van der Waals surface area contributed by atoms with E-state index in [1.54, 1.807) is 6.26 Å². The number of furan rings is 1. The maximum absolute atomic E-state index is 5.38. The fraction of sp³-hybridized carbons (Fsp3) is 0.200. The molecule has 1 atom stereocenters. The molecule has 18 heavy (non-hydrogen) atoms. The third-order valence-corrected chi connectivity index (χ3v) is 3.24. The zero-order valence-electron chi connectivity index (χ0n) is 10.3. The van der Waals surface area contributed by atoms with E-state index in [1.165, 1.54) is 16.5 Å². The summed E-state index contributed by atoms with van der Waals surface area (Å²) in [5.41, 5.74) is 2.46. The van der Waals surface area contributed by atoms with Crippen LogP contribution < -0.4 is 5.32 Å². The Morgan fingerprint density at radius 2 is 2.11 bits per heavy atom. The number of nitrogens with one attached hydrogen (secondary N) is 2. The Hall–Kier alpha value is -2.00. The second-order valence-corrected chi connectivity index (χ2v) is 4.48. The Morgan fingerprint density at radius 1 is 1.22 bits per heavy atom. The predicted molar refractivity (Wildman–Crippen MR) is 72.3 cm³/mol. The van der Waals surface area contributed by atoms with Gasteiger partial charge in [-0.1, -0.05) is 18.2 Å². The first-order valence-corrected chi connectivity index (χ1v) is 6.16. The van der Waals surface area contributed by atoms with E-state index in [0.717, 1.165) is 12.3 Å². The standard InChI is InChI=1S/C15H16N2O/c1-11(15-7-4-8-18-15)16-9-12-10-17-14-6-3-2-5-13(12)14/h2-8,10-11,16-17H,9H2,1H3/t11-/m1/s1. The van der Waals surface area contributed by atoms with Crippen molar-refractivity contribution >= 4 is 10.9 Å². The number of benzene rings is 1. The number of hydrogen-bond donors (Lipinski definition) is 2. The van der Waals surface area contributed by atoms with Gasteiger partial charge in [-0.2, -0.15) is 0 Å². The van der Waals surface area contributed by atoms with Crippen molar-refractivity contribution in [2.45, 2.75) is 19.5 Å². The van der Waals surface area contributed by atoms with Crippen molar-refractivity contribution in [2.75, 3.05) is 0 Å². The van der Waals surface area contributed by atoms with Gasteiger partial charge in [-0.15, -0.1) is 0 Å². The van der Waals surface area contributed by atoms with Crippen LogP contribution in [0.15, 0.2) is 53.3 Å². The van der Waals surface area contributed by atoms with Gasteiger partial charge in [0.2, 0.25) is 0 Å². The third kappa shape index (κ3) is 2.05. The van der Waals surface area contributed by atoms with Crippen LogP contribution >= 0.6 is 0 Å². The summed E-state index contributed by atoms with van der Waals surface area (Å²) in [5, 5.41) is 4.74. The van der Waals surface area contributed by atoms with E-state index in [9.17, 15) is 0 Å². The summed E-state index contributed by atoms with van der Waals surface area (Å²) in [5.74, 6) is 0.967. The Bertz CT molecular complexity index is 625. The number of aromatic amines is 1. The van der Waals surface area contributed by atoms with Gasteiger partial charge in [0.05, 0.1) is 12.3 Å². The number of hydrogen-bond acceptors (Lipinski definition) is 2. The smallest absolute Gasteiger partial charge is 0.120 e. The van der Waals surface area contributed by atoms with Crippen molar-refractivity contribution in [2.24, 2.45) is 0 Å². The zero-order chi connectivity index (χ0) is 12.4. The van der Waals surface area contributed by atoms with Crippen LogP contribution in [-0.2, 0) is 6.54 Å². The fourth-order valence-corrected chi connectivity index (χ4v) is 2.18. The van der Waals surface area contributed by atoms with Crippen LogP contribution in [0.5, 0.6) is 0 Å². The van der Waals surface area contributed by atoms with Crippen LogP contribution in [0.25, 0.3) is 10.9 Å². The molecule has 0 saturated heterocycles. The van der Waals surface area contributed by atoms with Crippen LogP contribution in [0, 0.1) is 0 Å². The molecule has 0 radical (unpaired) electrons. The molecule has 0 spiro atoms. The molecular weight excluding hydrogens is 224 g/mol. The van der Waals surface area contributed by atoms with Gasteiger partial charge >= 0.3 is 0 Å². The molecule has 1 aromatic carbocycles. The number of rotatable bonds is 4. The molecule has 0 amide bonds. The van der Waals surface area contributed by atoms with Crippen LogP contribution in [0.3, 0.4) is 0 Å². The molecule has 0 unspecified atom stereocenters. The summed E-state index contributed by atoms with van der Waals surface area (Å²) in [4.78, 5) is 3.28. The molecule has 3 nitrogen and oxygen atoms in total. The normalized spacial score (nSPS) is 12.9. The summed E-state index contributed by atoms with van der Waals surface area (Å²) in [6.45, 7) is 2.93.